The Morgan fingerprint density at radius 3 is 2.70 bits per heavy atom. The van der Waals surface area contributed by atoms with Crippen LogP contribution >= 0.6 is 23.1 Å². The van der Waals surface area contributed by atoms with Crippen LogP contribution in [0.25, 0.3) is 15.9 Å². The van der Waals surface area contributed by atoms with E-state index in [0.29, 0.717) is 59.3 Å². The number of para-hydroxylation sites is 2. The van der Waals surface area contributed by atoms with Crippen molar-refractivity contribution in [1.29, 1.82) is 0 Å². The Morgan fingerprint density at radius 1 is 1.21 bits per heavy atom. The van der Waals surface area contributed by atoms with Gasteiger partial charge in [-0.2, -0.15) is 0 Å². The molecule has 10 heteroatoms. The number of nitrogens with zero attached hydrogens (tertiary/aromatic N) is 3. The minimum Gasteiger partial charge on any atom is -0.495 e. The van der Waals surface area contributed by atoms with Crippen LogP contribution in [0.2, 0.25) is 0 Å². The molecule has 0 bridgehead atoms. The number of benzene rings is 1. The quantitative estimate of drug-likeness (QED) is 0.287. The summed E-state index contributed by atoms with van der Waals surface area (Å²) in [5.41, 5.74) is 1.00. The van der Waals surface area contributed by atoms with Crippen molar-refractivity contribution in [3.05, 3.63) is 46.1 Å². The highest BCUT2D eigenvalue weighted by Crippen LogP contribution is 2.29. The molecule has 8 nitrogen and oxygen atoms in total. The van der Waals surface area contributed by atoms with Crippen LogP contribution in [-0.4, -0.2) is 58.9 Å². The lowest BCUT2D eigenvalue weighted by atomic mass is 9.97. The molecule has 0 saturated carbocycles. The average Bonchev–Trinajstić information content (AvgIpc) is 3.32. The summed E-state index contributed by atoms with van der Waals surface area (Å²) in [4.78, 5) is 44.6. The number of carbonyl (C=O) groups excluding carboxylic acids is 2. The minimum atomic E-state index is -0.190. The number of methoxy groups -OCH3 is 1. The predicted octanol–water partition coefficient (Wildman–Crippen LogP) is 3.35. The molecule has 0 aliphatic carbocycles. The lowest BCUT2D eigenvalue weighted by Gasteiger charge is -2.30. The third kappa shape index (κ3) is 4.91. The molecule has 1 saturated heterocycles. The van der Waals surface area contributed by atoms with E-state index in [2.05, 4.69) is 4.98 Å². The number of thioether (sulfide) groups is 1. The van der Waals surface area contributed by atoms with E-state index in [9.17, 15) is 14.4 Å². The number of piperidine rings is 1. The first-order chi connectivity index (χ1) is 16.0. The molecule has 1 aliphatic rings. The standard InChI is InChI=1S/C23H25N3O5S2/c1-3-31-22(29)15-8-11-25(12-9-15)19(27)14-33-23-24-16-10-13-32-20(16)21(28)26(23)17-6-4-5-7-18(17)30-2/h4-7,10,13,15H,3,8-9,11-12,14H2,1-2H3. The van der Waals surface area contributed by atoms with Gasteiger partial charge in [0.1, 0.15) is 10.4 Å². The van der Waals surface area contributed by atoms with Crippen LogP contribution in [0.15, 0.2) is 45.7 Å². The zero-order valence-electron chi connectivity index (χ0n) is 18.5. The lowest BCUT2D eigenvalue weighted by Crippen LogP contribution is -2.41. The fraction of sp³-hybridized carbons (Fsp3) is 0.391. The predicted molar refractivity (Wildman–Crippen MR) is 128 cm³/mol. The second-order valence-corrected chi connectivity index (χ2v) is 9.40. The molecule has 2 aromatic heterocycles. The van der Waals surface area contributed by atoms with E-state index in [-0.39, 0.29) is 29.1 Å². The van der Waals surface area contributed by atoms with Gasteiger partial charge in [-0.3, -0.25) is 19.0 Å². The number of likely N-dealkylation sites (tertiary alicyclic amines) is 1. The van der Waals surface area contributed by atoms with E-state index in [1.54, 1.807) is 37.1 Å². The van der Waals surface area contributed by atoms with Crippen LogP contribution in [0, 0.1) is 5.92 Å². The van der Waals surface area contributed by atoms with Crippen molar-refractivity contribution in [2.45, 2.75) is 24.9 Å². The Balaban J connectivity index is 1.54. The van der Waals surface area contributed by atoms with Crippen LogP contribution in [0.3, 0.4) is 0 Å². The van der Waals surface area contributed by atoms with Gasteiger partial charge in [-0.25, -0.2) is 4.98 Å². The van der Waals surface area contributed by atoms with Gasteiger partial charge in [-0.05, 0) is 43.3 Å². The number of thiophene rings is 1. The van der Waals surface area contributed by atoms with Gasteiger partial charge < -0.3 is 14.4 Å². The maximum atomic E-state index is 13.3. The normalized spacial score (nSPS) is 14.4. The first-order valence-corrected chi connectivity index (χ1v) is 12.6. The van der Waals surface area contributed by atoms with E-state index in [4.69, 9.17) is 9.47 Å². The van der Waals surface area contributed by atoms with Gasteiger partial charge in [-0.15, -0.1) is 11.3 Å². The summed E-state index contributed by atoms with van der Waals surface area (Å²) in [5.74, 6) is 0.301. The lowest BCUT2D eigenvalue weighted by molar-refractivity contribution is -0.151. The summed E-state index contributed by atoms with van der Waals surface area (Å²) >= 11 is 2.57. The molecule has 1 aliphatic heterocycles. The molecular formula is C23H25N3O5S2. The fourth-order valence-corrected chi connectivity index (χ4v) is 5.53. The largest absolute Gasteiger partial charge is 0.495 e. The van der Waals surface area contributed by atoms with Gasteiger partial charge in [0.05, 0.1) is 36.6 Å². The zero-order valence-corrected chi connectivity index (χ0v) is 20.1. The van der Waals surface area contributed by atoms with Crippen LogP contribution < -0.4 is 10.3 Å². The Labute approximate surface area is 199 Å². The van der Waals surface area contributed by atoms with Crippen LogP contribution in [0.4, 0.5) is 0 Å². The number of aromatic nitrogens is 2. The van der Waals surface area contributed by atoms with Gasteiger partial charge in [0.15, 0.2) is 5.16 Å². The maximum absolute atomic E-state index is 13.3. The zero-order chi connectivity index (χ0) is 23.4. The molecule has 0 unspecified atom stereocenters. The van der Waals surface area contributed by atoms with Gasteiger partial charge in [-0.1, -0.05) is 23.9 Å². The Morgan fingerprint density at radius 2 is 1.97 bits per heavy atom. The van der Waals surface area contributed by atoms with Gasteiger partial charge in [0.25, 0.3) is 5.56 Å². The van der Waals surface area contributed by atoms with Crippen molar-refractivity contribution >= 4 is 45.2 Å². The third-order valence-electron chi connectivity index (χ3n) is 5.57. The molecule has 3 heterocycles. The van der Waals surface area contributed by atoms with Crippen molar-refractivity contribution in [3.8, 4) is 11.4 Å². The van der Waals surface area contributed by atoms with Gasteiger partial charge >= 0.3 is 5.97 Å². The SMILES string of the molecule is CCOC(=O)C1CCN(C(=O)CSc2nc3ccsc3c(=O)n2-c2ccccc2OC)CC1. The fourth-order valence-electron chi connectivity index (χ4n) is 3.86. The number of fused-ring (bicyclic) bond motifs is 1. The highest BCUT2D eigenvalue weighted by Gasteiger charge is 2.28. The molecule has 0 atom stereocenters. The van der Waals surface area contributed by atoms with E-state index in [0.717, 1.165) is 0 Å². The summed E-state index contributed by atoms with van der Waals surface area (Å²) in [5, 5.41) is 2.27. The summed E-state index contributed by atoms with van der Waals surface area (Å²) in [7, 11) is 1.55. The molecule has 0 radical (unpaired) electrons. The molecular weight excluding hydrogens is 462 g/mol. The number of carbonyl (C=O) groups is 2. The molecule has 0 N–H and O–H groups in total. The number of rotatable bonds is 7. The smallest absolute Gasteiger partial charge is 0.309 e. The summed E-state index contributed by atoms with van der Waals surface area (Å²) < 4.78 is 12.6. The Kier molecular flexibility index (Phi) is 7.34. The highest BCUT2D eigenvalue weighted by molar-refractivity contribution is 7.99. The topological polar surface area (TPSA) is 90.7 Å². The van der Waals surface area contributed by atoms with Gasteiger partial charge in [0, 0.05) is 13.1 Å². The first kappa shape index (κ1) is 23.3. The third-order valence-corrected chi connectivity index (χ3v) is 7.38. The Hall–Kier alpha value is -2.85. The monoisotopic (exact) mass is 487 g/mol. The van der Waals surface area contributed by atoms with E-state index < -0.39 is 0 Å². The van der Waals surface area contributed by atoms with Crippen molar-refractivity contribution in [2.75, 3.05) is 32.6 Å². The summed E-state index contributed by atoms with van der Waals surface area (Å²) in [6, 6.07) is 9.05. The Bertz CT molecular complexity index is 1210. The molecule has 0 spiro atoms. The van der Waals surface area contributed by atoms with Gasteiger partial charge in [0.2, 0.25) is 5.91 Å². The molecule has 1 amide bonds. The maximum Gasteiger partial charge on any atom is 0.309 e. The van der Waals surface area contributed by atoms with Crippen molar-refractivity contribution < 1.29 is 19.1 Å². The average molecular weight is 488 g/mol. The second kappa shape index (κ2) is 10.4. The first-order valence-electron chi connectivity index (χ1n) is 10.7. The number of ether oxygens (including phenoxy) is 2. The number of amides is 1. The van der Waals surface area contributed by atoms with E-state index >= 15 is 0 Å². The van der Waals surface area contributed by atoms with Crippen LogP contribution in [0.5, 0.6) is 5.75 Å². The molecule has 1 aromatic carbocycles. The second-order valence-electron chi connectivity index (χ2n) is 7.54. The minimum absolute atomic E-state index is 0.0476. The van der Waals surface area contributed by atoms with E-state index in [1.165, 1.54) is 27.7 Å². The molecule has 174 valence electrons. The number of esters is 1. The summed E-state index contributed by atoms with van der Waals surface area (Å²) in [6.45, 7) is 3.18. The number of hydrogen-bond acceptors (Lipinski definition) is 8. The van der Waals surface area contributed by atoms with Crippen molar-refractivity contribution in [2.24, 2.45) is 5.92 Å². The van der Waals surface area contributed by atoms with Crippen molar-refractivity contribution in [3.63, 3.8) is 0 Å². The highest BCUT2D eigenvalue weighted by atomic mass is 32.2. The summed E-state index contributed by atoms with van der Waals surface area (Å²) in [6.07, 6.45) is 1.19. The molecule has 3 aromatic rings. The molecule has 33 heavy (non-hydrogen) atoms. The van der Waals surface area contributed by atoms with Crippen molar-refractivity contribution in [1.82, 2.24) is 14.5 Å². The van der Waals surface area contributed by atoms with Crippen LogP contribution in [0.1, 0.15) is 19.8 Å². The molecule has 1 fully saturated rings. The number of hydrogen-bond donors (Lipinski definition) is 0. The van der Waals surface area contributed by atoms with Crippen LogP contribution in [-0.2, 0) is 14.3 Å². The van der Waals surface area contributed by atoms with E-state index in [1.807, 2.05) is 17.5 Å². The molecule has 4 rings (SSSR count).